The number of ether oxygens (including phenoxy) is 1. The molecule has 5 heteroatoms. The number of hydrogen-bond acceptors (Lipinski definition) is 3. The van der Waals surface area contributed by atoms with Gasteiger partial charge in [0.2, 0.25) is 0 Å². The minimum atomic E-state index is -1.10. The smallest absolute Gasteiger partial charge is 0.419 e. The van der Waals surface area contributed by atoms with Crippen molar-refractivity contribution in [2.75, 3.05) is 0 Å². The summed E-state index contributed by atoms with van der Waals surface area (Å²) in [5.74, 6) is -1.10. The molecule has 112 valence electrons. The van der Waals surface area contributed by atoms with E-state index in [2.05, 4.69) is 6.92 Å². The van der Waals surface area contributed by atoms with Gasteiger partial charge in [-0.3, -0.25) is 0 Å². The minimum absolute atomic E-state index is 0.00959. The van der Waals surface area contributed by atoms with Crippen LogP contribution >= 0.6 is 0 Å². The van der Waals surface area contributed by atoms with E-state index in [1.54, 1.807) is 26.8 Å². The third-order valence-electron chi connectivity index (χ3n) is 2.81. The zero-order chi connectivity index (χ0) is 15.3. The Morgan fingerprint density at radius 2 is 1.95 bits per heavy atom. The van der Waals surface area contributed by atoms with E-state index in [9.17, 15) is 14.7 Å². The molecular formula is C15H23NO4. The van der Waals surface area contributed by atoms with E-state index < -0.39 is 17.7 Å². The molecule has 0 bridgehead atoms. The first-order valence-electron chi connectivity index (χ1n) is 6.93. The fourth-order valence-electron chi connectivity index (χ4n) is 1.94. The number of hydrogen-bond donors (Lipinski definition) is 1. The first kappa shape index (κ1) is 16.3. The van der Waals surface area contributed by atoms with Gasteiger partial charge in [0.15, 0.2) is 0 Å². The molecular weight excluding hydrogens is 258 g/mol. The molecule has 0 atom stereocenters. The number of aromatic carboxylic acids is 1. The SMILES string of the molecule is CCCCCc1ccn(C(=O)OC(C)(C)C)c1C(=O)O. The van der Waals surface area contributed by atoms with E-state index in [1.807, 2.05) is 0 Å². The van der Waals surface area contributed by atoms with Crippen LogP contribution in [0.25, 0.3) is 0 Å². The maximum atomic E-state index is 12.0. The highest BCUT2D eigenvalue weighted by atomic mass is 16.6. The van der Waals surface area contributed by atoms with E-state index in [-0.39, 0.29) is 5.69 Å². The number of carbonyl (C=O) groups excluding carboxylic acids is 1. The van der Waals surface area contributed by atoms with Gasteiger partial charge < -0.3 is 9.84 Å². The van der Waals surface area contributed by atoms with Crippen molar-refractivity contribution >= 4 is 12.1 Å². The van der Waals surface area contributed by atoms with E-state index in [0.717, 1.165) is 23.8 Å². The van der Waals surface area contributed by atoms with Crippen molar-refractivity contribution in [3.63, 3.8) is 0 Å². The summed E-state index contributed by atoms with van der Waals surface area (Å²) in [6.45, 7) is 7.33. The van der Waals surface area contributed by atoms with Crippen LogP contribution in [-0.4, -0.2) is 27.3 Å². The van der Waals surface area contributed by atoms with Crippen LogP contribution in [0.5, 0.6) is 0 Å². The van der Waals surface area contributed by atoms with Crippen molar-refractivity contribution in [1.29, 1.82) is 0 Å². The average Bonchev–Trinajstić information content (AvgIpc) is 2.71. The van der Waals surface area contributed by atoms with E-state index >= 15 is 0 Å². The maximum absolute atomic E-state index is 12.0. The molecule has 0 fully saturated rings. The standard InChI is InChI=1S/C15H23NO4/c1-5-6-7-8-11-9-10-16(12(11)13(17)18)14(19)20-15(2,3)4/h9-10H,5-8H2,1-4H3,(H,17,18). The molecule has 0 aromatic carbocycles. The van der Waals surface area contributed by atoms with Gasteiger partial charge in [0.25, 0.3) is 0 Å². The molecule has 0 saturated heterocycles. The number of aromatic nitrogens is 1. The zero-order valence-corrected chi connectivity index (χ0v) is 12.6. The maximum Gasteiger partial charge on any atom is 0.419 e. The van der Waals surface area contributed by atoms with Crippen LogP contribution in [0.3, 0.4) is 0 Å². The van der Waals surface area contributed by atoms with E-state index in [0.29, 0.717) is 12.0 Å². The van der Waals surface area contributed by atoms with Crippen LogP contribution in [-0.2, 0) is 11.2 Å². The summed E-state index contributed by atoms with van der Waals surface area (Å²) >= 11 is 0. The number of aryl methyl sites for hydroxylation is 1. The van der Waals surface area contributed by atoms with Gasteiger partial charge in [-0.2, -0.15) is 0 Å². The highest BCUT2D eigenvalue weighted by molar-refractivity contribution is 5.92. The summed E-state index contributed by atoms with van der Waals surface area (Å²) in [4.78, 5) is 23.4. The second kappa shape index (κ2) is 6.59. The summed E-state index contributed by atoms with van der Waals surface area (Å²) < 4.78 is 6.29. The molecule has 0 radical (unpaired) electrons. The third-order valence-corrected chi connectivity index (χ3v) is 2.81. The van der Waals surface area contributed by atoms with Crippen molar-refractivity contribution in [2.45, 2.75) is 59.0 Å². The number of unbranched alkanes of at least 4 members (excludes halogenated alkanes) is 2. The van der Waals surface area contributed by atoms with E-state index in [4.69, 9.17) is 4.74 Å². The normalized spacial score (nSPS) is 11.4. The fourth-order valence-corrected chi connectivity index (χ4v) is 1.94. The quantitative estimate of drug-likeness (QED) is 0.835. The lowest BCUT2D eigenvalue weighted by molar-refractivity contribution is 0.0505. The van der Waals surface area contributed by atoms with Crippen LogP contribution in [0, 0.1) is 0 Å². The van der Waals surface area contributed by atoms with Gasteiger partial charge in [-0.1, -0.05) is 19.8 Å². The van der Waals surface area contributed by atoms with Gasteiger partial charge in [-0.05, 0) is 45.2 Å². The van der Waals surface area contributed by atoms with E-state index in [1.165, 1.54) is 6.20 Å². The Hall–Kier alpha value is -1.78. The molecule has 0 aliphatic rings. The topological polar surface area (TPSA) is 68.5 Å². The summed E-state index contributed by atoms with van der Waals surface area (Å²) in [5, 5.41) is 9.31. The Labute approximate surface area is 119 Å². The van der Waals surface area contributed by atoms with Gasteiger partial charge in [-0.15, -0.1) is 0 Å². The van der Waals surface area contributed by atoms with Crippen molar-refractivity contribution in [1.82, 2.24) is 4.57 Å². The van der Waals surface area contributed by atoms with Gasteiger partial charge in [0, 0.05) is 6.20 Å². The Bertz CT molecular complexity index is 483. The third kappa shape index (κ3) is 4.40. The predicted molar refractivity (Wildman–Crippen MR) is 76.3 cm³/mol. The Morgan fingerprint density at radius 3 is 2.45 bits per heavy atom. The van der Waals surface area contributed by atoms with Crippen LogP contribution in [0.15, 0.2) is 12.3 Å². The molecule has 1 aromatic rings. The molecule has 0 amide bonds. The number of rotatable bonds is 5. The second-order valence-electron chi connectivity index (χ2n) is 5.80. The summed E-state index contributed by atoms with van der Waals surface area (Å²) in [5.41, 5.74) is 0.0339. The number of carboxylic acid groups (broad SMARTS) is 1. The van der Waals surface area contributed by atoms with Crippen molar-refractivity contribution in [2.24, 2.45) is 0 Å². The first-order valence-corrected chi connectivity index (χ1v) is 6.93. The molecule has 0 aliphatic heterocycles. The van der Waals surface area contributed by atoms with Gasteiger partial charge >= 0.3 is 12.1 Å². The van der Waals surface area contributed by atoms with Gasteiger partial charge in [-0.25, -0.2) is 14.2 Å². The van der Waals surface area contributed by atoms with Crippen LogP contribution in [0.2, 0.25) is 0 Å². The second-order valence-corrected chi connectivity index (χ2v) is 5.80. The summed E-state index contributed by atoms with van der Waals surface area (Å²) in [6.07, 6.45) is 4.49. The highest BCUT2D eigenvalue weighted by Crippen LogP contribution is 2.17. The fraction of sp³-hybridized carbons (Fsp3) is 0.600. The Balaban J connectivity index is 2.97. The summed E-state index contributed by atoms with van der Waals surface area (Å²) in [7, 11) is 0. The molecule has 1 aromatic heterocycles. The van der Waals surface area contributed by atoms with Crippen molar-refractivity contribution in [3.05, 3.63) is 23.5 Å². The van der Waals surface area contributed by atoms with Crippen molar-refractivity contribution in [3.8, 4) is 0 Å². The first-order chi connectivity index (χ1) is 9.26. The molecule has 1 N–H and O–H groups in total. The Kier molecular flexibility index (Phi) is 5.36. The number of carbonyl (C=O) groups is 2. The summed E-state index contributed by atoms with van der Waals surface area (Å²) in [6, 6.07) is 1.68. The lowest BCUT2D eigenvalue weighted by Crippen LogP contribution is -2.28. The van der Waals surface area contributed by atoms with Gasteiger partial charge in [0.1, 0.15) is 11.3 Å². The lowest BCUT2D eigenvalue weighted by Gasteiger charge is -2.20. The number of carboxylic acids is 1. The Morgan fingerprint density at radius 1 is 1.30 bits per heavy atom. The van der Waals surface area contributed by atoms with Crippen LogP contribution < -0.4 is 0 Å². The average molecular weight is 281 g/mol. The van der Waals surface area contributed by atoms with Crippen LogP contribution in [0.4, 0.5) is 4.79 Å². The predicted octanol–water partition coefficient (Wildman–Crippen LogP) is 3.70. The molecule has 0 saturated carbocycles. The monoisotopic (exact) mass is 281 g/mol. The molecule has 20 heavy (non-hydrogen) atoms. The molecule has 5 nitrogen and oxygen atoms in total. The van der Waals surface area contributed by atoms with Crippen LogP contribution in [0.1, 0.15) is 63.0 Å². The van der Waals surface area contributed by atoms with Gasteiger partial charge in [0.05, 0.1) is 0 Å². The molecule has 1 heterocycles. The molecule has 1 rings (SSSR count). The molecule has 0 unspecified atom stereocenters. The van der Waals surface area contributed by atoms with Crippen molar-refractivity contribution < 1.29 is 19.4 Å². The molecule has 0 spiro atoms. The highest BCUT2D eigenvalue weighted by Gasteiger charge is 2.24. The zero-order valence-electron chi connectivity index (χ0n) is 12.6. The molecule has 0 aliphatic carbocycles. The minimum Gasteiger partial charge on any atom is -0.477 e. The largest absolute Gasteiger partial charge is 0.477 e. The lowest BCUT2D eigenvalue weighted by atomic mass is 10.1. The number of nitrogens with zero attached hydrogens (tertiary/aromatic N) is 1.